The molecule has 4 aliphatic rings. The third kappa shape index (κ3) is 5.60. The number of benzene rings is 1. The summed E-state index contributed by atoms with van der Waals surface area (Å²) < 4.78 is 5.30. The molecule has 0 spiro atoms. The molecule has 0 aromatic heterocycles. The number of Topliss-reactive ketones (excluding diaryl/α,β-unsaturated/α-hetero) is 2. The third-order valence-electron chi connectivity index (χ3n) is 11.0. The van der Waals surface area contributed by atoms with Gasteiger partial charge in [-0.1, -0.05) is 37.8 Å². The summed E-state index contributed by atoms with van der Waals surface area (Å²) in [5.41, 5.74) is 0.571. The molecule has 0 saturated heterocycles. The molecule has 4 aliphatic carbocycles. The van der Waals surface area contributed by atoms with Gasteiger partial charge < -0.3 is 9.84 Å². The summed E-state index contributed by atoms with van der Waals surface area (Å²) in [6.45, 7) is 5.77. The Morgan fingerprint density at radius 1 is 0.974 bits per heavy atom. The van der Waals surface area contributed by atoms with E-state index in [2.05, 4.69) is 18.8 Å². The zero-order valence-electron chi connectivity index (χ0n) is 23.8. The molecule has 0 unspecified atom stereocenters. The number of rotatable bonds is 6. The van der Waals surface area contributed by atoms with Gasteiger partial charge in [0.15, 0.2) is 11.6 Å². The molecular weight excluding hydrogens is 488 g/mol. The zero-order valence-corrected chi connectivity index (χ0v) is 23.8. The molecule has 0 aliphatic heterocycles. The Hall–Kier alpha value is -2.45. The van der Waals surface area contributed by atoms with Crippen LogP contribution >= 0.6 is 0 Å². The van der Waals surface area contributed by atoms with Gasteiger partial charge in [0.2, 0.25) is 0 Å². The molecule has 0 amide bonds. The van der Waals surface area contributed by atoms with Gasteiger partial charge in [0.25, 0.3) is 0 Å². The third-order valence-corrected chi connectivity index (χ3v) is 11.0. The summed E-state index contributed by atoms with van der Waals surface area (Å²) in [6.07, 6.45) is 10.1. The number of carbonyl (C=O) groups excluding carboxylic acids is 3. The standard InChI is InChI=1S/C34H44O5/c1-4-5-32(37)39-21-31(36)30-13-12-29-28-11-10-25-20-34(38,18-14-23-6-8-24(9-7-23)22(2)35)19-16-26(25)27(28)15-17-33(29,30)3/h6-9,25-30,38H,4-5,10-13,15-17,19-21H2,1-3H3/t25-,26+,27-,28-,29+,30-,33+,34-/m1/s1. The van der Waals surface area contributed by atoms with E-state index < -0.39 is 5.60 Å². The highest BCUT2D eigenvalue weighted by Gasteiger charge is 2.59. The molecule has 5 heteroatoms. The van der Waals surface area contributed by atoms with Crippen LogP contribution in [0.15, 0.2) is 24.3 Å². The van der Waals surface area contributed by atoms with Crippen LogP contribution in [0.3, 0.4) is 0 Å². The Morgan fingerprint density at radius 3 is 2.44 bits per heavy atom. The van der Waals surface area contributed by atoms with Crippen molar-refractivity contribution in [2.45, 2.75) is 97.0 Å². The van der Waals surface area contributed by atoms with E-state index in [0.29, 0.717) is 48.0 Å². The fourth-order valence-corrected chi connectivity index (χ4v) is 9.03. The van der Waals surface area contributed by atoms with Gasteiger partial charge in [0.1, 0.15) is 12.2 Å². The van der Waals surface area contributed by atoms with Crippen molar-refractivity contribution in [3.8, 4) is 11.8 Å². The van der Waals surface area contributed by atoms with E-state index in [1.807, 2.05) is 19.1 Å². The Morgan fingerprint density at radius 2 is 1.72 bits per heavy atom. The smallest absolute Gasteiger partial charge is 0.306 e. The minimum atomic E-state index is -0.948. The average molecular weight is 533 g/mol. The van der Waals surface area contributed by atoms with E-state index in [1.54, 1.807) is 19.1 Å². The Labute approximate surface area is 233 Å². The molecule has 4 saturated carbocycles. The van der Waals surface area contributed by atoms with Crippen molar-refractivity contribution >= 4 is 17.5 Å². The number of esters is 1. The second-order valence-electron chi connectivity index (χ2n) is 13.1. The molecule has 1 aromatic rings. The molecule has 210 valence electrons. The van der Waals surface area contributed by atoms with Gasteiger partial charge in [-0.3, -0.25) is 14.4 Å². The average Bonchev–Trinajstić information content (AvgIpc) is 3.28. The Kier molecular flexibility index (Phi) is 8.07. The van der Waals surface area contributed by atoms with E-state index in [-0.39, 0.29) is 35.5 Å². The highest BCUT2D eigenvalue weighted by atomic mass is 16.5. The fraction of sp³-hybridized carbons (Fsp3) is 0.676. The second kappa shape index (κ2) is 11.2. The first-order chi connectivity index (χ1) is 18.6. The topological polar surface area (TPSA) is 80.7 Å². The maximum atomic E-state index is 13.2. The molecule has 4 fully saturated rings. The van der Waals surface area contributed by atoms with Gasteiger partial charge in [-0.25, -0.2) is 0 Å². The van der Waals surface area contributed by atoms with Gasteiger partial charge in [-0.15, -0.1) is 0 Å². The summed E-state index contributed by atoms with van der Waals surface area (Å²) in [5, 5.41) is 11.4. The molecular formula is C34H44O5. The molecule has 8 atom stereocenters. The van der Waals surface area contributed by atoms with Crippen LogP contribution in [0.2, 0.25) is 0 Å². The van der Waals surface area contributed by atoms with Crippen molar-refractivity contribution in [3.63, 3.8) is 0 Å². The lowest BCUT2D eigenvalue weighted by molar-refractivity contribution is -0.151. The van der Waals surface area contributed by atoms with Crippen LogP contribution in [0.25, 0.3) is 0 Å². The maximum absolute atomic E-state index is 13.2. The molecule has 0 heterocycles. The lowest BCUT2D eigenvalue weighted by Crippen LogP contribution is -2.51. The monoisotopic (exact) mass is 532 g/mol. The first kappa shape index (κ1) is 28.1. The Bertz CT molecular complexity index is 1160. The van der Waals surface area contributed by atoms with Crippen molar-refractivity contribution in [1.29, 1.82) is 0 Å². The van der Waals surface area contributed by atoms with Crippen LogP contribution < -0.4 is 0 Å². The van der Waals surface area contributed by atoms with E-state index in [9.17, 15) is 19.5 Å². The van der Waals surface area contributed by atoms with Crippen LogP contribution in [-0.4, -0.2) is 34.9 Å². The minimum absolute atomic E-state index is 0.00633. The maximum Gasteiger partial charge on any atom is 0.306 e. The predicted octanol–water partition coefficient (Wildman–Crippen LogP) is 6.15. The highest BCUT2D eigenvalue weighted by Crippen LogP contribution is 2.64. The van der Waals surface area contributed by atoms with E-state index in [4.69, 9.17) is 4.74 Å². The summed E-state index contributed by atoms with van der Waals surface area (Å²) in [5.74, 6) is 9.31. The summed E-state index contributed by atoms with van der Waals surface area (Å²) in [7, 11) is 0. The van der Waals surface area contributed by atoms with Crippen molar-refractivity contribution in [2.24, 2.45) is 40.9 Å². The van der Waals surface area contributed by atoms with Crippen molar-refractivity contribution in [2.75, 3.05) is 6.61 Å². The molecule has 39 heavy (non-hydrogen) atoms. The zero-order chi connectivity index (χ0) is 27.8. The summed E-state index contributed by atoms with van der Waals surface area (Å²) in [4.78, 5) is 36.5. The molecule has 0 bridgehead atoms. The lowest BCUT2D eigenvalue weighted by atomic mass is 9.49. The number of fused-ring (bicyclic) bond motifs is 5. The largest absolute Gasteiger partial charge is 0.458 e. The van der Waals surface area contributed by atoms with Crippen molar-refractivity contribution in [3.05, 3.63) is 35.4 Å². The molecule has 0 radical (unpaired) electrons. The van der Waals surface area contributed by atoms with Gasteiger partial charge in [-0.05, 0) is 118 Å². The van der Waals surface area contributed by atoms with Gasteiger partial charge in [0, 0.05) is 23.5 Å². The number of aliphatic hydroxyl groups is 1. The number of ketones is 2. The van der Waals surface area contributed by atoms with Crippen LogP contribution in [0.5, 0.6) is 0 Å². The normalized spacial score (nSPS) is 36.9. The van der Waals surface area contributed by atoms with Crippen LogP contribution in [0.4, 0.5) is 0 Å². The van der Waals surface area contributed by atoms with Gasteiger partial charge in [0.05, 0.1) is 0 Å². The molecule has 1 N–H and O–H groups in total. The molecule has 5 nitrogen and oxygen atoms in total. The van der Waals surface area contributed by atoms with Crippen LogP contribution in [0.1, 0.15) is 107 Å². The van der Waals surface area contributed by atoms with Gasteiger partial charge in [-0.2, -0.15) is 0 Å². The van der Waals surface area contributed by atoms with Gasteiger partial charge >= 0.3 is 5.97 Å². The highest BCUT2D eigenvalue weighted by molar-refractivity contribution is 5.94. The van der Waals surface area contributed by atoms with E-state index in [0.717, 1.165) is 56.9 Å². The SMILES string of the molecule is CCCC(=O)OCC(=O)[C@H]1CC[C@H]2[C@@H]3CC[C@@H]4C[C@@](O)(C#Cc5ccc(C(C)=O)cc5)CC[C@@H]4[C@H]3CC[C@]12C. The first-order valence-corrected chi connectivity index (χ1v) is 15.2. The second-order valence-corrected chi connectivity index (χ2v) is 13.1. The van der Waals surface area contributed by atoms with E-state index in [1.165, 1.54) is 6.42 Å². The van der Waals surface area contributed by atoms with Crippen molar-refractivity contribution < 1.29 is 24.2 Å². The van der Waals surface area contributed by atoms with E-state index >= 15 is 0 Å². The van der Waals surface area contributed by atoms with Crippen molar-refractivity contribution in [1.82, 2.24) is 0 Å². The number of ether oxygens (including phenoxy) is 1. The predicted molar refractivity (Wildman–Crippen MR) is 150 cm³/mol. The van der Waals surface area contributed by atoms with Crippen LogP contribution in [0, 0.1) is 52.8 Å². The number of hydrogen-bond donors (Lipinski definition) is 1. The molecule has 5 rings (SSSR count). The number of carbonyl (C=O) groups is 3. The van der Waals surface area contributed by atoms with Crippen LogP contribution in [-0.2, 0) is 14.3 Å². The quantitative estimate of drug-likeness (QED) is 0.270. The fourth-order valence-electron chi connectivity index (χ4n) is 9.03. The Balaban J connectivity index is 1.22. The molecule has 1 aromatic carbocycles. The first-order valence-electron chi connectivity index (χ1n) is 15.2. The minimum Gasteiger partial charge on any atom is -0.458 e. The number of hydrogen-bond acceptors (Lipinski definition) is 5. The summed E-state index contributed by atoms with van der Waals surface area (Å²) in [6, 6.07) is 7.31. The lowest BCUT2D eigenvalue weighted by Gasteiger charge is -2.56. The summed E-state index contributed by atoms with van der Waals surface area (Å²) >= 11 is 0.